The molecule has 0 spiro atoms. The summed E-state index contributed by atoms with van der Waals surface area (Å²) in [6.45, 7) is 1.07. The number of aromatic nitrogens is 3. The van der Waals surface area contributed by atoms with Crippen LogP contribution in [0.5, 0.6) is 0 Å². The van der Waals surface area contributed by atoms with Crippen molar-refractivity contribution in [2.45, 2.75) is 6.92 Å². The molecule has 0 saturated heterocycles. The lowest BCUT2D eigenvalue weighted by Crippen LogP contribution is -2.21. The van der Waals surface area contributed by atoms with Crippen molar-refractivity contribution in [3.63, 3.8) is 0 Å². The number of para-hydroxylation sites is 1. The summed E-state index contributed by atoms with van der Waals surface area (Å²) in [7, 11) is 0. The largest absolute Gasteiger partial charge is 0.450 e. The minimum atomic E-state index is -0.835. The molecule has 31 heavy (non-hydrogen) atoms. The summed E-state index contributed by atoms with van der Waals surface area (Å²) >= 11 is 1.46. The summed E-state index contributed by atoms with van der Waals surface area (Å²) in [6, 6.07) is 17.3. The molecule has 0 bridgehead atoms. The van der Waals surface area contributed by atoms with Crippen LogP contribution in [0.4, 0.5) is 10.1 Å². The number of halogens is 1. The number of nitrogens with one attached hydrogen (secondary N) is 1. The Hall–Kier alpha value is -3.85. The van der Waals surface area contributed by atoms with Crippen LogP contribution < -0.4 is 5.32 Å². The number of hydrogen-bond acceptors (Lipinski definition) is 6. The van der Waals surface area contributed by atoms with Crippen molar-refractivity contribution in [1.82, 2.24) is 14.8 Å². The van der Waals surface area contributed by atoms with Gasteiger partial charge < -0.3 is 10.1 Å². The Labute approximate surface area is 181 Å². The molecule has 0 unspecified atom stereocenters. The average molecular weight is 436 g/mol. The van der Waals surface area contributed by atoms with Crippen LogP contribution in [0, 0.1) is 12.7 Å². The fraction of sp³-hybridized carbons (Fsp3) is 0.0909. The number of amides is 1. The maximum atomic E-state index is 13.6. The zero-order valence-corrected chi connectivity index (χ0v) is 17.2. The van der Waals surface area contributed by atoms with E-state index in [0.29, 0.717) is 11.4 Å². The van der Waals surface area contributed by atoms with Gasteiger partial charge in [-0.2, -0.15) is 4.98 Å². The van der Waals surface area contributed by atoms with Crippen LogP contribution in [-0.4, -0.2) is 33.2 Å². The number of carbonyl (C=O) groups is 2. The van der Waals surface area contributed by atoms with E-state index in [1.807, 2.05) is 47.8 Å². The minimum absolute atomic E-state index is 0.165. The average Bonchev–Trinajstić information content (AvgIpc) is 3.45. The van der Waals surface area contributed by atoms with Crippen LogP contribution in [0.25, 0.3) is 16.4 Å². The van der Waals surface area contributed by atoms with E-state index in [0.717, 1.165) is 10.6 Å². The maximum absolute atomic E-state index is 13.6. The second-order valence-corrected chi connectivity index (χ2v) is 7.52. The SMILES string of the molecule is Cc1ccc(NC(=O)COC(=O)c2nc(-c3cccs3)n(-c3ccccc3)n2)cc1F. The molecular weight excluding hydrogens is 419 g/mol. The Morgan fingerprint density at radius 1 is 1.13 bits per heavy atom. The van der Waals surface area contributed by atoms with Crippen molar-refractivity contribution in [3.8, 4) is 16.4 Å². The van der Waals surface area contributed by atoms with Gasteiger partial charge in [0.25, 0.3) is 11.7 Å². The number of thiophene rings is 1. The van der Waals surface area contributed by atoms with Gasteiger partial charge in [0, 0.05) is 5.69 Å². The Kier molecular flexibility index (Phi) is 5.85. The molecule has 2 heterocycles. The summed E-state index contributed by atoms with van der Waals surface area (Å²) in [5.74, 6) is -1.55. The number of nitrogens with zero attached hydrogens (tertiary/aromatic N) is 3. The van der Waals surface area contributed by atoms with Gasteiger partial charge in [-0.05, 0) is 48.2 Å². The van der Waals surface area contributed by atoms with E-state index in [4.69, 9.17) is 4.74 Å². The first-order valence-electron chi connectivity index (χ1n) is 9.31. The molecule has 0 aliphatic carbocycles. The molecule has 7 nitrogen and oxygen atoms in total. The monoisotopic (exact) mass is 436 g/mol. The topological polar surface area (TPSA) is 86.1 Å². The predicted octanol–water partition coefficient (Wildman–Crippen LogP) is 4.24. The summed E-state index contributed by atoms with van der Waals surface area (Å²) in [5, 5.41) is 8.66. The van der Waals surface area contributed by atoms with Crippen LogP contribution in [0.15, 0.2) is 66.0 Å². The third-order valence-electron chi connectivity index (χ3n) is 4.32. The lowest BCUT2D eigenvalue weighted by atomic mass is 10.2. The van der Waals surface area contributed by atoms with Gasteiger partial charge >= 0.3 is 5.97 Å². The number of carbonyl (C=O) groups excluding carboxylic acids is 2. The molecule has 4 aromatic rings. The van der Waals surface area contributed by atoms with Crippen molar-refractivity contribution in [3.05, 3.63) is 83.2 Å². The molecule has 2 aromatic heterocycles. The normalized spacial score (nSPS) is 10.6. The summed E-state index contributed by atoms with van der Waals surface area (Å²) in [4.78, 5) is 29.7. The minimum Gasteiger partial charge on any atom is -0.450 e. The molecule has 0 aliphatic rings. The molecule has 1 amide bonds. The number of ether oxygens (including phenoxy) is 1. The molecule has 2 aromatic carbocycles. The molecule has 1 N–H and O–H groups in total. The number of aryl methyl sites for hydroxylation is 1. The Morgan fingerprint density at radius 2 is 1.94 bits per heavy atom. The highest BCUT2D eigenvalue weighted by Gasteiger charge is 2.21. The summed E-state index contributed by atoms with van der Waals surface area (Å²) in [5.41, 5.74) is 1.47. The number of anilines is 1. The highest BCUT2D eigenvalue weighted by Crippen LogP contribution is 2.25. The van der Waals surface area contributed by atoms with Crippen LogP contribution in [-0.2, 0) is 9.53 Å². The zero-order chi connectivity index (χ0) is 21.8. The van der Waals surface area contributed by atoms with Crippen molar-refractivity contribution >= 4 is 28.9 Å². The van der Waals surface area contributed by atoms with Gasteiger partial charge in [0.2, 0.25) is 0 Å². The van der Waals surface area contributed by atoms with Gasteiger partial charge in [0.05, 0.1) is 10.6 Å². The summed E-state index contributed by atoms with van der Waals surface area (Å²) in [6.07, 6.45) is 0. The highest BCUT2D eigenvalue weighted by molar-refractivity contribution is 7.13. The second kappa shape index (κ2) is 8.88. The van der Waals surface area contributed by atoms with Gasteiger partial charge in [-0.3, -0.25) is 4.79 Å². The number of esters is 1. The molecule has 0 atom stereocenters. The van der Waals surface area contributed by atoms with Gasteiger partial charge in [-0.1, -0.05) is 30.3 Å². The molecule has 4 rings (SSSR count). The lowest BCUT2D eigenvalue weighted by Gasteiger charge is -2.06. The molecular formula is C22H17FN4O3S. The predicted molar refractivity (Wildman–Crippen MR) is 115 cm³/mol. The first kappa shape index (κ1) is 20.4. The van der Waals surface area contributed by atoms with Gasteiger partial charge in [0.1, 0.15) is 5.82 Å². The second-order valence-electron chi connectivity index (χ2n) is 6.57. The smallest absolute Gasteiger partial charge is 0.378 e. The third-order valence-corrected chi connectivity index (χ3v) is 5.19. The van der Waals surface area contributed by atoms with E-state index in [9.17, 15) is 14.0 Å². The molecule has 0 fully saturated rings. The van der Waals surface area contributed by atoms with Crippen molar-refractivity contribution < 1.29 is 18.7 Å². The molecule has 0 aliphatic heterocycles. The lowest BCUT2D eigenvalue weighted by molar-refractivity contribution is -0.119. The molecule has 9 heteroatoms. The van der Waals surface area contributed by atoms with Gasteiger partial charge in [-0.15, -0.1) is 16.4 Å². The van der Waals surface area contributed by atoms with Crippen LogP contribution in [0.2, 0.25) is 0 Å². The highest BCUT2D eigenvalue weighted by atomic mass is 32.1. The van der Waals surface area contributed by atoms with E-state index < -0.39 is 24.3 Å². The summed E-state index contributed by atoms with van der Waals surface area (Å²) < 4.78 is 20.2. The van der Waals surface area contributed by atoms with E-state index in [-0.39, 0.29) is 11.5 Å². The van der Waals surface area contributed by atoms with Gasteiger partial charge in [-0.25, -0.2) is 13.9 Å². The Morgan fingerprint density at radius 3 is 2.65 bits per heavy atom. The molecule has 156 valence electrons. The van der Waals surface area contributed by atoms with Crippen molar-refractivity contribution in [1.29, 1.82) is 0 Å². The molecule has 0 saturated carbocycles. The first-order chi connectivity index (χ1) is 15.0. The quantitative estimate of drug-likeness (QED) is 0.457. The number of rotatable bonds is 6. The van der Waals surface area contributed by atoms with E-state index in [1.165, 1.54) is 17.4 Å². The van der Waals surface area contributed by atoms with Crippen molar-refractivity contribution in [2.24, 2.45) is 0 Å². The maximum Gasteiger partial charge on any atom is 0.378 e. The molecule has 0 radical (unpaired) electrons. The zero-order valence-electron chi connectivity index (χ0n) is 16.4. The number of hydrogen-bond donors (Lipinski definition) is 1. The first-order valence-corrected chi connectivity index (χ1v) is 10.2. The Balaban J connectivity index is 1.48. The van der Waals surface area contributed by atoms with E-state index >= 15 is 0 Å². The van der Waals surface area contributed by atoms with E-state index in [2.05, 4.69) is 15.4 Å². The standard InChI is InChI=1S/C22H17FN4O3S/c1-14-9-10-15(12-17(14)23)24-19(28)13-30-22(29)20-25-21(18-8-5-11-31-18)27(26-20)16-6-3-2-4-7-16/h2-12H,13H2,1H3,(H,24,28). The fourth-order valence-electron chi connectivity index (χ4n) is 2.78. The van der Waals surface area contributed by atoms with E-state index in [1.54, 1.807) is 23.7 Å². The van der Waals surface area contributed by atoms with Crippen molar-refractivity contribution in [2.75, 3.05) is 11.9 Å². The van der Waals surface area contributed by atoms with Crippen LogP contribution in [0.1, 0.15) is 16.2 Å². The van der Waals surface area contributed by atoms with Crippen LogP contribution in [0.3, 0.4) is 0 Å². The number of benzene rings is 2. The fourth-order valence-corrected chi connectivity index (χ4v) is 3.47. The van der Waals surface area contributed by atoms with Gasteiger partial charge in [0.15, 0.2) is 12.4 Å². The van der Waals surface area contributed by atoms with Crippen LogP contribution >= 0.6 is 11.3 Å². The Bertz CT molecular complexity index is 1220. The third kappa shape index (κ3) is 4.67.